The van der Waals surface area contributed by atoms with E-state index in [1.54, 1.807) is 6.20 Å². The molecule has 1 aromatic rings. The monoisotopic (exact) mass is 235 g/mol. The molecule has 0 spiro atoms. The van der Waals surface area contributed by atoms with Crippen LogP contribution in [-0.2, 0) is 17.8 Å². The molecule has 5 nitrogen and oxygen atoms in total. The molecule has 1 aliphatic heterocycles. The van der Waals surface area contributed by atoms with Gasteiger partial charge in [0.1, 0.15) is 0 Å². The lowest BCUT2D eigenvalue weighted by Crippen LogP contribution is -2.29. The fourth-order valence-electron chi connectivity index (χ4n) is 2.28. The number of hydrogen-bond donors (Lipinski definition) is 2. The van der Waals surface area contributed by atoms with Gasteiger partial charge in [0.05, 0.1) is 6.42 Å². The number of aromatic nitrogens is 1. The summed E-state index contributed by atoms with van der Waals surface area (Å²) in [6, 6.07) is -0.460. The first-order valence-corrected chi connectivity index (χ1v) is 5.69. The molecule has 1 aromatic heterocycles. The van der Waals surface area contributed by atoms with E-state index in [1.807, 2.05) is 6.20 Å². The summed E-state index contributed by atoms with van der Waals surface area (Å²) in [5.74, 6) is -0.872. The maximum Gasteiger partial charge on any atom is 0.305 e. The quantitative estimate of drug-likeness (QED) is 0.799. The lowest BCUT2D eigenvalue weighted by molar-refractivity contribution is -0.137. The van der Waals surface area contributed by atoms with Crippen LogP contribution in [0, 0.1) is 0 Å². The number of hydrogen-bond acceptors (Lipinski definition) is 4. The molecule has 1 unspecified atom stereocenters. The summed E-state index contributed by atoms with van der Waals surface area (Å²) < 4.78 is 0. The van der Waals surface area contributed by atoms with E-state index < -0.39 is 12.0 Å². The lowest BCUT2D eigenvalue weighted by Gasteiger charge is -2.27. The molecular formula is C12H17N3O2. The Kier molecular flexibility index (Phi) is 3.40. The Morgan fingerprint density at radius 2 is 2.41 bits per heavy atom. The van der Waals surface area contributed by atoms with Crippen LogP contribution in [0.2, 0.25) is 0 Å². The first-order chi connectivity index (χ1) is 8.08. The van der Waals surface area contributed by atoms with Crippen LogP contribution in [0.1, 0.15) is 29.2 Å². The Labute approximate surface area is 100 Å². The van der Waals surface area contributed by atoms with Crippen molar-refractivity contribution >= 4 is 5.97 Å². The van der Waals surface area contributed by atoms with E-state index in [4.69, 9.17) is 10.8 Å². The van der Waals surface area contributed by atoms with E-state index >= 15 is 0 Å². The molecule has 3 N–H and O–H groups in total. The number of carbonyl (C=O) groups is 1. The summed E-state index contributed by atoms with van der Waals surface area (Å²) in [6.07, 6.45) is 4.42. The number of nitrogens with two attached hydrogens (primary N) is 1. The van der Waals surface area contributed by atoms with E-state index in [1.165, 1.54) is 5.56 Å². The molecule has 17 heavy (non-hydrogen) atoms. The smallest absolute Gasteiger partial charge is 0.305 e. The second-order valence-corrected chi connectivity index (χ2v) is 4.56. The minimum absolute atomic E-state index is 0.0476. The first-order valence-electron chi connectivity index (χ1n) is 5.69. The molecule has 2 rings (SSSR count). The van der Waals surface area contributed by atoms with E-state index in [0.717, 1.165) is 30.6 Å². The molecule has 0 amide bonds. The maximum atomic E-state index is 10.7. The SMILES string of the molecule is CN1CCc2c(cncc2C(N)CC(=O)O)C1. The third-order valence-corrected chi connectivity index (χ3v) is 3.16. The van der Waals surface area contributed by atoms with Crippen LogP contribution < -0.4 is 5.73 Å². The van der Waals surface area contributed by atoms with Crippen molar-refractivity contribution in [2.45, 2.75) is 25.4 Å². The third-order valence-electron chi connectivity index (χ3n) is 3.16. The van der Waals surface area contributed by atoms with Crippen LogP contribution in [0.3, 0.4) is 0 Å². The average Bonchev–Trinajstić information content (AvgIpc) is 2.26. The predicted octanol–water partition coefficient (Wildman–Crippen LogP) is 0.544. The molecule has 2 heterocycles. The molecular weight excluding hydrogens is 218 g/mol. The number of nitrogens with zero attached hydrogens (tertiary/aromatic N) is 2. The van der Waals surface area contributed by atoms with Crippen molar-refractivity contribution in [3.05, 3.63) is 29.1 Å². The molecule has 92 valence electrons. The zero-order chi connectivity index (χ0) is 12.4. The topological polar surface area (TPSA) is 79.5 Å². The predicted molar refractivity (Wildman–Crippen MR) is 63.5 cm³/mol. The molecule has 5 heteroatoms. The van der Waals surface area contributed by atoms with E-state index in [0.29, 0.717) is 0 Å². The van der Waals surface area contributed by atoms with Gasteiger partial charge in [0, 0.05) is 31.5 Å². The van der Waals surface area contributed by atoms with Crippen LogP contribution in [0.15, 0.2) is 12.4 Å². The van der Waals surface area contributed by atoms with Crippen LogP contribution >= 0.6 is 0 Å². The van der Waals surface area contributed by atoms with Gasteiger partial charge in [-0.15, -0.1) is 0 Å². The minimum atomic E-state index is -0.872. The van der Waals surface area contributed by atoms with Crippen molar-refractivity contribution in [2.24, 2.45) is 5.73 Å². The zero-order valence-corrected chi connectivity index (χ0v) is 9.89. The first kappa shape index (κ1) is 12.0. The highest BCUT2D eigenvalue weighted by Crippen LogP contribution is 2.25. The lowest BCUT2D eigenvalue weighted by atomic mass is 9.92. The average molecular weight is 235 g/mol. The summed E-state index contributed by atoms with van der Waals surface area (Å²) in [7, 11) is 2.06. The number of rotatable bonds is 3. The van der Waals surface area contributed by atoms with E-state index in [2.05, 4.69) is 16.9 Å². The number of carboxylic acid groups (broad SMARTS) is 1. The Hall–Kier alpha value is -1.46. The van der Waals surface area contributed by atoms with Gasteiger partial charge in [-0.2, -0.15) is 0 Å². The van der Waals surface area contributed by atoms with Crippen molar-refractivity contribution in [3.63, 3.8) is 0 Å². The van der Waals surface area contributed by atoms with Gasteiger partial charge in [0.2, 0.25) is 0 Å². The molecule has 0 saturated heterocycles. The molecule has 0 saturated carbocycles. The van der Waals surface area contributed by atoms with Gasteiger partial charge < -0.3 is 15.7 Å². The maximum absolute atomic E-state index is 10.7. The third kappa shape index (κ3) is 2.62. The van der Waals surface area contributed by atoms with Crippen LogP contribution in [0.25, 0.3) is 0 Å². The number of carboxylic acids is 1. The number of fused-ring (bicyclic) bond motifs is 1. The molecule has 0 bridgehead atoms. The van der Waals surface area contributed by atoms with E-state index in [-0.39, 0.29) is 6.42 Å². The normalized spacial score (nSPS) is 17.5. The fraction of sp³-hybridized carbons (Fsp3) is 0.500. The summed E-state index contributed by atoms with van der Waals surface area (Å²) in [5.41, 5.74) is 9.16. The second-order valence-electron chi connectivity index (χ2n) is 4.56. The summed E-state index contributed by atoms with van der Waals surface area (Å²) in [5, 5.41) is 8.78. The van der Waals surface area contributed by atoms with Gasteiger partial charge >= 0.3 is 5.97 Å². The van der Waals surface area contributed by atoms with Crippen molar-refractivity contribution in [1.29, 1.82) is 0 Å². The molecule has 0 fully saturated rings. The summed E-state index contributed by atoms with van der Waals surface area (Å²) >= 11 is 0. The highest BCUT2D eigenvalue weighted by atomic mass is 16.4. The Bertz CT molecular complexity index is 434. The Morgan fingerprint density at radius 3 is 3.12 bits per heavy atom. The van der Waals surface area contributed by atoms with Gasteiger partial charge in [-0.05, 0) is 30.2 Å². The molecule has 0 aliphatic carbocycles. The number of aliphatic carboxylic acids is 1. The molecule has 1 atom stereocenters. The fourth-order valence-corrected chi connectivity index (χ4v) is 2.28. The molecule has 0 aromatic carbocycles. The largest absolute Gasteiger partial charge is 0.481 e. The molecule has 1 aliphatic rings. The standard InChI is InChI=1S/C12H17N3O2/c1-15-3-2-9-8(7-15)5-14-6-10(9)11(13)4-12(16)17/h5-6,11H,2-4,7,13H2,1H3,(H,16,17). The Morgan fingerprint density at radius 1 is 1.65 bits per heavy atom. The van der Waals surface area contributed by atoms with Crippen molar-refractivity contribution < 1.29 is 9.90 Å². The van der Waals surface area contributed by atoms with Crippen LogP contribution in [0.5, 0.6) is 0 Å². The molecule has 0 radical (unpaired) electrons. The van der Waals surface area contributed by atoms with Gasteiger partial charge in [0.25, 0.3) is 0 Å². The van der Waals surface area contributed by atoms with Crippen molar-refractivity contribution in [2.75, 3.05) is 13.6 Å². The van der Waals surface area contributed by atoms with Crippen molar-refractivity contribution in [3.8, 4) is 0 Å². The van der Waals surface area contributed by atoms with Crippen LogP contribution in [0.4, 0.5) is 0 Å². The van der Waals surface area contributed by atoms with Crippen molar-refractivity contribution in [1.82, 2.24) is 9.88 Å². The highest BCUT2D eigenvalue weighted by molar-refractivity contribution is 5.68. The summed E-state index contributed by atoms with van der Waals surface area (Å²) in [4.78, 5) is 17.1. The second kappa shape index (κ2) is 4.81. The Balaban J connectivity index is 2.29. The van der Waals surface area contributed by atoms with Gasteiger partial charge in [-0.25, -0.2) is 0 Å². The summed E-state index contributed by atoms with van der Waals surface area (Å²) in [6.45, 7) is 1.83. The van der Waals surface area contributed by atoms with Gasteiger partial charge in [0.15, 0.2) is 0 Å². The van der Waals surface area contributed by atoms with E-state index in [9.17, 15) is 4.79 Å². The number of pyridine rings is 1. The zero-order valence-electron chi connectivity index (χ0n) is 9.89. The van der Waals surface area contributed by atoms with Crippen LogP contribution in [-0.4, -0.2) is 34.6 Å². The highest BCUT2D eigenvalue weighted by Gasteiger charge is 2.21. The van der Waals surface area contributed by atoms with Gasteiger partial charge in [-0.1, -0.05) is 0 Å². The minimum Gasteiger partial charge on any atom is -0.481 e. The number of likely N-dealkylation sites (N-methyl/N-ethyl adjacent to an activating group) is 1. The van der Waals surface area contributed by atoms with Gasteiger partial charge in [-0.3, -0.25) is 9.78 Å².